The summed E-state index contributed by atoms with van der Waals surface area (Å²) in [6.45, 7) is 6.48. The van der Waals surface area contributed by atoms with Crippen LogP contribution in [0.15, 0.2) is 18.2 Å². The van der Waals surface area contributed by atoms with Crippen LogP contribution in [0.3, 0.4) is 0 Å². The maximum Gasteiger partial charge on any atom is 0.254 e. The molecule has 5 nitrogen and oxygen atoms in total. The molecule has 0 saturated carbocycles. The lowest BCUT2D eigenvalue weighted by Gasteiger charge is -2.17. The first-order valence-corrected chi connectivity index (χ1v) is 7.60. The third-order valence-corrected chi connectivity index (χ3v) is 3.46. The summed E-state index contributed by atoms with van der Waals surface area (Å²) in [5.74, 6) is 1.32. The second-order valence-electron chi connectivity index (χ2n) is 5.24. The monoisotopic (exact) mass is 292 g/mol. The molecule has 1 fully saturated rings. The predicted octanol–water partition coefficient (Wildman–Crippen LogP) is 2.05. The summed E-state index contributed by atoms with van der Waals surface area (Å²) in [5.41, 5.74) is 6.48. The first-order valence-electron chi connectivity index (χ1n) is 7.60. The van der Waals surface area contributed by atoms with Crippen molar-refractivity contribution in [2.24, 2.45) is 5.73 Å². The summed E-state index contributed by atoms with van der Waals surface area (Å²) in [4.78, 5) is 14.2. The Bertz CT molecular complexity index is 490. The Labute approximate surface area is 126 Å². The molecule has 0 bridgehead atoms. The Kier molecular flexibility index (Phi) is 5.44. The van der Waals surface area contributed by atoms with E-state index in [-0.39, 0.29) is 11.9 Å². The lowest BCUT2D eigenvalue weighted by atomic mass is 10.1. The number of ether oxygens (including phenoxy) is 2. The maximum atomic E-state index is 12.4. The minimum atomic E-state index is 0.00550. The van der Waals surface area contributed by atoms with Gasteiger partial charge >= 0.3 is 0 Å². The molecule has 5 heteroatoms. The lowest BCUT2D eigenvalue weighted by molar-refractivity contribution is 0.0790. The quantitative estimate of drug-likeness (QED) is 0.871. The molecule has 21 heavy (non-hydrogen) atoms. The van der Waals surface area contributed by atoms with Crippen molar-refractivity contribution >= 4 is 5.91 Å². The minimum Gasteiger partial charge on any atom is -0.490 e. The Hall–Kier alpha value is -1.75. The Morgan fingerprint density at radius 2 is 2.14 bits per heavy atom. The van der Waals surface area contributed by atoms with Gasteiger partial charge in [0.2, 0.25) is 0 Å². The number of rotatable bonds is 6. The highest BCUT2D eigenvalue weighted by atomic mass is 16.5. The molecule has 0 radical (unpaired) electrons. The number of nitrogens with zero attached hydrogens (tertiary/aromatic N) is 1. The first kappa shape index (κ1) is 15.6. The molecule has 1 aliphatic heterocycles. The van der Waals surface area contributed by atoms with Gasteiger partial charge in [0.1, 0.15) is 0 Å². The van der Waals surface area contributed by atoms with Gasteiger partial charge in [-0.05, 0) is 38.0 Å². The number of benzene rings is 1. The molecule has 116 valence electrons. The fourth-order valence-electron chi connectivity index (χ4n) is 2.40. The van der Waals surface area contributed by atoms with Crippen LogP contribution in [0, 0.1) is 0 Å². The van der Waals surface area contributed by atoms with Crippen LogP contribution in [0.1, 0.15) is 37.0 Å². The van der Waals surface area contributed by atoms with Crippen molar-refractivity contribution in [1.29, 1.82) is 0 Å². The summed E-state index contributed by atoms with van der Waals surface area (Å²) in [6.07, 6.45) is 1.79. The molecule has 1 aliphatic rings. The number of carbonyl (C=O) groups excluding carboxylic acids is 1. The molecule has 1 heterocycles. The number of hydrogen-bond acceptors (Lipinski definition) is 4. The van der Waals surface area contributed by atoms with E-state index in [0.717, 1.165) is 19.4 Å². The number of amides is 1. The molecule has 2 rings (SSSR count). The lowest BCUT2D eigenvalue weighted by Crippen LogP contribution is -2.31. The number of hydrogen-bond donors (Lipinski definition) is 1. The van der Waals surface area contributed by atoms with Gasteiger partial charge in [-0.1, -0.05) is 6.92 Å². The van der Waals surface area contributed by atoms with Crippen LogP contribution in [0.4, 0.5) is 0 Å². The summed E-state index contributed by atoms with van der Waals surface area (Å²) < 4.78 is 11.2. The van der Waals surface area contributed by atoms with Crippen LogP contribution in [0.2, 0.25) is 0 Å². The van der Waals surface area contributed by atoms with E-state index in [1.54, 1.807) is 17.0 Å². The SMILES string of the molecule is CCCOc1ccc(C(=O)N2CC[C@@H](N)C2)cc1OCC. The van der Waals surface area contributed by atoms with E-state index in [1.807, 2.05) is 13.0 Å². The van der Waals surface area contributed by atoms with Gasteiger partial charge in [0.15, 0.2) is 11.5 Å². The van der Waals surface area contributed by atoms with Gasteiger partial charge in [0, 0.05) is 24.7 Å². The topological polar surface area (TPSA) is 64.8 Å². The third kappa shape index (κ3) is 3.88. The van der Waals surface area contributed by atoms with E-state index in [9.17, 15) is 4.79 Å². The predicted molar refractivity (Wildman–Crippen MR) is 81.9 cm³/mol. The van der Waals surface area contributed by atoms with Crippen LogP contribution in [0.25, 0.3) is 0 Å². The molecule has 0 aromatic heterocycles. The highest BCUT2D eigenvalue weighted by molar-refractivity contribution is 5.95. The smallest absolute Gasteiger partial charge is 0.254 e. The van der Waals surface area contributed by atoms with E-state index >= 15 is 0 Å². The van der Waals surface area contributed by atoms with E-state index in [2.05, 4.69) is 6.92 Å². The second-order valence-corrected chi connectivity index (χ2v) is 5.24. The van der Waals surface area contributed by atoms with Crippen LogP contribution in [-0.2, 0) is 0 Å². The molecule has 1 saturated heterocycles. The van der Waals surface area contributed by atoms with Crippen molar-refractivity contribution in [1.82, 2.24) is 4.90 Å². The number of carbonyl (C=O) groups is 1. The van der Waals surface area contributed by atoms with E-state index in [1.165, 1.54) is 0 Å². The van der Waals surface area contributed by atoms with Gasteiger partial charge in [-0.15, -0.1) is 0 Å². The molecule has 1 amide bonds. The van der Waals surface area contributed by atoms with Crippen molar-refractivity contribution < 1.29 is 14.3 Å². The molecular formula is C16H24N2O3. The zero-order chi connectivity index (χ0) is 15.2. The Balaban J connectivity index is 2.16. The molecular weight excluding hydrogens is 268 g/mol. The fraction of sp³-hybridized carbons (Fsp3) is 0.562. The minimum absolute atomic E-state index is 0.00550. The van der Waals surface area contributed by atoms with Gasteiger partial charge in [0.25, 0.3) is 5.91 Å². The van der Waals surface area contributed by atoms with E-state index < -0.39 is 0 Å². The standard InChI is InChI=1S/C16H24N2O3/c1-3-9-21-14-6-5-12(10-15(14)20-4-2)16(19)18-8-7-13(17)11-18/h5-6,10,13H,3-4,7-9,11,17H2,1-2H3/t13-/m1/s1. The second kappa shape index (κ2) is 7.31. The van der Waals surface area contributed by atoms with Crippen molar-refractivity contribution in [3.8, 4) is 11.5 Å². The molecule has 2 N–H and O–H groups in total. The summed E-state index contributed by atoms with van der Waals surface area (Å²) in [6, 6.07) is 5.46. The van der Waals surface area contributed by atoms with Gasteiger partial charge < -0.3 is 20.1 Å². The normalized spacial score (nSPS) is 17.9. The summed E-state index contributed by atoms with van der Waals surface area (Å²) in [7, 11) is 0. The molecule has 1 aromatic rings. The Morgan fingerprint density at radius 3 is 2.76 bits per heavy atom. The first-order chi connectivity index (χ1) is 10.2. The maximum absolute atomic E-state index is 12.4. The van der Waals surface area contributed by atoms with E-state index in [0.29, 0.717) is 36.8 Å². The summed E-state index contributed by atoms with van der Waals surface area (Å²) in [5, 5.41) is 0. The number of likely N-dealkylation sites (tertiary alicyclic amines) is 1. The van der Waals surface area contributed by atoms with Crippen molar-refractivity contribution in [3.63, 3.8) is 0 Å². The van der Waals surface area contributed by atoms with Crippen LogP contribution in [-0.4, -0.2) is 43.2 Å². The zero-order valence-electron chi connectivity index (χ0n) is 12.8. The third-order valence-electron chi connectivity index (χ3n) is 3.46. The Morgan fingerprint density at radius 1 is 1.33 bits per heavy atom. The van der Waals surface area contributed by atoms with Crippen molar-refractivity contribution in [3.05, 3.63) is 23.8 Å². The fourth-order valence-corrected chi connectivity index (χ4v) is 2.40. The highest BCUT2D eigenvalue weighted by Gasteiger charge is 2.25. The van der Waals surface area contributed by atoms with Crippen LogP contribution >= 0.6 is 0 Å². The van der Waals surface area contributed by atoms with Gasteiger partial charge in [-0.2, -0.15) is 0 Å². The zero-order valence-corrected chi connectivity index (χ0v) is 12.8. The average molecular weight is 292 g/mol. The van der Waals surface area contributed by atoms with Crippen molar-refractivity contribution in [2.45, 2.75) is 32.7 Å². The van der Waals surface area contributed by atoms with Gasteiger partial charge in [-0.25, -0.2) is 0 Å². The van der Waals surface area contributed by atoms with Crippen molar-refractivity contribution in [2.75, 3.05) is 26.3 Å². The molecule has 1 atom stereocenters. The van der Waals surface area contributed by atoms with Gasteiger partial charge in [0.05, 0.1) is 13.2 Å². The molecule has 0 unspecified atom stereocenters. The largest absolute Gasteiger partial charge is 0.490 e. The highest BCUT2D eigenvalue weighted by Crippen LogP contribution is 2.29. The average Bonchev–Trinajstić information content (AvgIpc) is 2.92. The molecule has 0 aliphatic carbocycles. The summed E-state index contributed by atoms with van der Waals surface area (Å²) >= 11 is 0. The van der Waals surface area contributed by atoms with E-state index in [4.69, 9.17) is 15.2 Å². The molecule has 1 aromatic carbocycles. The van der Waals surface area contributed by atoms with Crippen LogP contribution in [0.5, 0.6) is 11.5 Å². The number of nitrogens with two attached hydrogens (primary N) is 1. The van der Waals surface area contributed by atoms with Gasteiger partial charge in [-0.3, -0.25) is 4.79 Å². The van der Waals surface area contributed by atoms with Crippen LogP contribution < -0.4 is 15.2 Å². The molecule has 0 spiro atoms.